The van der Waals surface area contributed by atoms with Crippen molar-refractivity contribution in [2.24, 2.45) is 0 Å². The van der Waals surface area contributed by atoms with Crippen LogP contribution in [-0.4, -0.2) is 28.0 Å². The van der Waals surface area contributed by atoms with Crippen LogP contribution in [0.4, 0.5) is 17.1 Å². The van der Waals surface area contributed by atoms with E-state index in [1.165, 1.54) is 0 Å². The molecule has 4 aromatic carbocycles. The zero-order valence-corrected chi connectivity index (χ0v) is 20.3. The van der Waals surface area contributed by atoms with Gasteiger partial charge < -0.3 is 15.4 Å². The van der Waals surface area contributed by atoms with Crippen LogP contribution in [0, 0.1) is 0 Å². The third-order valence-corrected chi connectivity index (χ3v) is 5.90. The highest BCUT2D eigenvalue weighted by atomic mass is 16.5. The lowest BCUT2D eigenvalue weighted by Gasteiger charge is -2.16. The summed E-state index contributed by atoms with van der Waals surface area (Å²) < 4.78 is 6.96. The minimum absolute atomic E-state index is 0.231. The molecule has 0 aliphatic rings. The van der Waals surface area contributed by atoms with Crippen LogP contribution >= 0.6 is 0 Å². The summed E-state index contributed by atoms with van der Waals surface area (Å²) in [6.45, 7) is 1.94. The smallest absolute Gasteiger partial charge is 0.315 e. The number of fused-ring (bicyclic) bond motifs is 1. The van der Waals surface area contributed by atoms with E-state index in [0.29, 0.717) is 5.69 Å². The third kappa shape index (κ3) is 5.36. The summed E-state index contributed by atoms with van der Waals surface area (Å²) in [6.07, 6.45) is 3.37. The van der Waals surface area contributed by atoms with E-state index in [1.54, 1.807) is 13.1 Å². The minimum atomic E-state index is -0.556. The first-order valence-corrected chi connectivity index (χ1v) is 12.1. The van der Waals surface area contributed by atoms with Crippen LogP contribution in [0.3, 0.4) is 0 Å². The van der Waals surface area contributed by atoms with Crippen molar-refractivity contribution in [3.05, 3.63) is 103 Å². The van der Waals surface area contributed by atoms with Crippen LogP contribution in [0.2, 0.25) is 0 Å². The van der Waals surface area contributed by atoms with Gasteiger partial charge in [0, 0.05) is 34.7 Å². The second kappa shape index (κ2) is 10.8. The average Bonchev–Trinajstić information content (AvgIpc) is 3.41. The molecule has 0 atom stereocenters. The number of benzene rings is 4. The van der Waals surface area contributed by atoms with E-state index >= 15 is 0 Å². The molecular weight excluding hydrogens is 464 g/mol. The summed E-state index contributed by atoms with van der Waals surface area (Å²) >= 11 is 0. The highest BCUT2D eigenvalue weighted by Gasteiger charge is 2.15. The number of nitrogens with zero attached hydrogens (tertiary/aromatic N) is 2. The summed E-state index contributed by atoms with van der Waals surface area (Å²) in [6, 6.07) is 29.7. The van der Waals surface area contributed by atoms with E-state index in [0.717, 1.165) is 39.2 Å². The zero-order chi connectivity index (χ0) is 25.6. The molecule has 0 bridgehead atoms. The third-order valence-electron chi connectivity index (χ3n) is 5.90. The molecule has 0 aliphatic heterocycles. The number of hydrogen-bond donors (Lipinski definition) is 2. The number of amides is 1. The van der Waals surface area contributed by atoms with Gasteiger partial charge in [-0.1, -0.05) is 60.7 Å². The van der Waals surface area contributed by atoms with Crippen molar-refractivity contribution in [3.63, 3.8) is 0 Å². The van der Waals surface area contributed by atoms with E-state index in [4.69, 9.17) is 4.74 Å². The Morgan fingerprint density at radius 2 is 1.65 bits per heavy atom. The summed E-state index contributed by atoms with van der Waals surface area (Å²) in [5, 5.41) is 8.16. The van der Waals surface area contributed by atoms with E-state index in [-0.39, 0.29) is 13.0 Å². The largest absolute Gasteiger partial charge is 0.466 e. The normalized spacial score (nSPS) is 10.7. The molecule has 1 heterocycles. The Labute approximate surface area is 214 Å². The van der Waals surface area contributed by atoms with E-state index in [1.807, 2.05) is 102 Å². The van der Waals surface area contributed by atoms with Crippen molar-refractivity contribution >= 4 is 39.7 Å². The van der Waals surface area contributed by atoms with Crippen LogP contribution in [0.5, 0.6) is 0 Å². The van der Waals surface area contributed by atoms with E-state index < -0.39 is 11.9 Å². The SMILES string of the molecule is CCOC(=O)CC(=O)Nc1c(Nc2ccc(-n3ccnc3-c3ccccc3)cc2)ccc2ccccc12. The summed E-state index contributed by atoms with van der Waals surface area (Å²) in [4.78, 5) is 29.0. The molecule has 5 aromatic rings. The predicted octanol–water partition coefficient (Wildman–Crippen LogP) is 6.33. The first-order chi connectivity index (χ1) is 18.1. The summed E-state index contributed by atoms with van der Waals surface area (Å²) in [5.41, 5.74) is 4.19. The molecule has 0 radical (unpaired) electrons. The summed E-state index contributed by atoms with van der Waals surface area (Å²) in [7, 11) is 0. The highest BCUT2D eigenvalue weighted by molar-refractivity contribution is 6.10. The Morgan fingerprint density at radius 3 is 2.43 bits per heavy atom. The predicted molar refractivity (Wildman–Crippen MR) is 146 cm³/mol. The Kier molecular flexibility index (Phi) is 6.94. The lowest BCUT2D eigenvalue weighted by atomic mass is 10.1. The van der Waals surface area contributed by atoms with Gasteiger partial charge >= 0.3 is 5.97 Å². The molecule has 0 saturated carbocycles. The molecule has 1 amide bonds. The van der Waals surface area contributed by atoms with Crippen LogP contribution in [-0.2, 0) is 14.3 Å². The number of anilines is 3. The van der Waals surface area contributed by atoms with Crippen LogP contribution in [0.15, 0.2) is 103 Å². The van der Waals surface area contributed by atoms with E-state index in [9.17, 15) is 9.59 Å². The highest BCUT2D eigenvalue weighted by Crippen LogP contribution is 2.34. The number of carbonyl (C=O) groups is 2. The fourth-order valence-corrected chi connectivity index (χ4v) is 4.21. The molecule has 0 aliphatic carbocycles. The second-order valence-corrected chi connectivity index (χ2v) is 8.40. The van der Waals surface area contributed by atoms with Gasteiger partial charge in [0.25, 0.3) is 0 Å². The quantitative estimate of drug-likeness (QED) is 0.196. The van der Waals surface area contributed by atoms with E-state index in [2.05, 4.69) is 15.6 Å². The monoisotopic (exact) mass is 490 g/mol. The molecule has 7 heteroatoms. The molecule has 5 rings (SSSR count). The van der Waals surface area contributed by atoms with Crippen LogP contribution in [0.1, 0.15) is 13.3 Å². The Balaban J connectivity index is 1.41. The number of imidazole rings is 1. The van der Waals surface area contributed by atoms with Gasteiger partial charge in [-0.2, -0.15) is 0 Å². The van der Waals surface area contributed by atoms with Gasteiger partial charge in [-0.15, -0.1) is 0 Å². The van der Waals surface area contributed by atoms with Crippen molar-refractivity contribution in [2.75, 3.05) is 17.2 Å². The lowest BCUT2D eigenvalue weighted by molar-refractivity contribution is -0.145. The molecular formula is C30H26N4O3. The fraction of sp³-hybridized carbons (Fsp3) is 0.100. The first kappa shape index (κ1) is 23.8. The number of esters is 1. The number of nitrogens with one attached hydrogen (secondary N) is 2. The second-order valence-electron chi connectivity index (χ2n) is 8.40. The zero-order valence-electron chi connectivity index (χ0n) is 20.3. The Morgan fingerprint density at radius 1 is 0.892 bits per heavy atom. The first-order valence-electron chi connectivity index (χ1n) is 12.1. The van der Waals surface area contributed by atoms with Crippen molar-refractivity contribution in [1.82, 2.24) is 9.55 Å². The van der Waals surface area contributed by atoms with Gasteiger partial charge in [-0.3, -0.25) is 14.2 Å². The maximum absolute atomic E-state index is 12.6. The molecule has 1 aromatic heterocycles. The van der Waals surface area contributed by atoms with Gasteiger partial charge in [-0.05, 0) is 42.6 Å². The molecule has 0 saturated heterocycles. The van der Waals surface area contributed by atoms with Crippen molar-refractivity contribution in [3.8, 4) is 17.1 Å². The molecule has 0 unspecified atom stereocenters. The maximum Gasteiger partial charge on any atom is 0.315 e. The van der Waals surface area contributed by atoms with Crippen LogP contribution in [0.25, 0.3) is 27.8 Å². The average molecular weight is 491 g/mol. The van der Waals surface area contributed by atoms with Gasteiger partial charge in [-0.25, -0.2) is 4.98 Å². The van der Waals surface area contributed by atoms with Gasteiger partial charge in [0.1, 0.15) is 12.2 Å². The lowest BCUT2D eigenvalue weighted by Crippen LogP contribution is -2.19. The number of carbonyl (C=O) groups excluding carboxylic acids is 2. The molecule has 0 spiro atoms. The molecule has 37 heavy (non-hydrogen) atoms. The number of ether oxygens (including phenoxy) is 1. The van der Waals surface area contributed by atoms with Gasteiger partial charge in [0.15, 0.2) is 0 Å². The maximum atomic E-state index is 12.6. The Hall–Kier alpha value is -4.91. The molecule has 0 fully saturated rings. The molecule has 184 valence electrons. The summed E-state index contributed by atoms with van der Waals surface area (Å²) in [5.74, 6) is -0.121. The molecule has 2 N–H and O–H groups in total. The van der Waals surface area contributed by atoms with Gasteiger partial charge in [0.2, 0.25) is 5.91 Å². The van der Waals surface area contributed by atoms with Crippen LogP contribution < -0.4 is 10.6 Å². The van der Waals surface area contributed by atoms with Crippen molar-refractivity contribution in [1.29, 1.82) is 0 Å². The van der Waals surface area contributed by atoms with Gasteiger partial charge in [0.05, 0.1) is 18.0 Å². The number of hydrogen-bond acceptors (Lipinski definition) is 5. The topological polar surface area (TPSA) is 85.3 Å². The minimum Gasteiger partial charge on any atom is -0.466 e. The Bertz CT molecular complexity index is 1540. The van der Waals surface area contributed by atoms with Crippen molar-refractivity contribution < 1.29 is 14.3 Å². The molecule has 7 nitrogen and oxygen atoms in total. The fourth-order valence-electron chi connectivity index (χ4n) is 4.21. The standard InChI is InChI=1S/C30H26N4O3/c1-2-37-28(36)20-27(35)33-29-25-11-7-6-8-21(25)12-17-26(29)32-23-13-15-24(16-14-23)34-19-18-31-30(34)22-9-4-3-5-10-22/h3-19,32H,2,20H2,1H3,(H,33,35). The van der Waals surface area contributed by atoms with Crippen molar-refractivity contribution in [2.45, 2.75) is 13.3 Å². The number of aromatic nitrogens is 2. The number of rotatable bonds is 8.